The van der Waals surface area contributed by atoms with Crippen molar-refractivity contribution in [3.8, 4) is 0 Å². The minimum atomic E-state index is -0.361. The molecule has 25 heavy (non-hydrogen) atoms. The van der Waals surface area contributed by atoms with Crippen LogP contribution in [0.25, 0.3) is 0 Å². The van der Waals surface area contributed by atoms with Crippen LogP contribution in [0.2, 0.25) is 0 Å². The maximum Gasteiger partial charge on any atom is 0.255 e. The standard InChI is InChI=1S/C18H17FN4O2/c19-14-2-1-3-15(8-14)23-12-18(9-16(23)24)5-7-22(11-18)17(25)13-4-6-20-21-10-13/h1-4,6,8,10H,5,7,9,11-12H2. The van der Waals surface area contributed by atoms with Gasteiger partial charge >= 0.3 is 0 Å². The third-order valence-corrected chi connectivity index (χ3v) is 5.00. The third kappa shape index (κ3) is 2.86. The number of aromatic nitrogens is 2. The Morgan fingerprint density at radius 3 is 2.84 bits per heavy atom. The molecule has 1 aromatic carbocycles. The molecule has 0 saturated carbocycles. The Labute approximate surface area is 144 Å². The summed E-state index contributed by atoms with van der Waals surface area (Å²) in [6.45, 7) is 1.63. The number of halogens is 1. The van der Waals surface area contributed by atoms with E-state index in [4.69, 9.17) is 0 Å². The van der Waals surface area contributed by atoms with E-state index in [1.165, 1.54) is 24.5 Å². The van der Waals surface area contributed by atoms with Gasteiger partial charge in [-0.2, -0.15) is 10.2 Å². The molecule has 2 aliphatic heterocycles. The van der Waals surface area contributed by atoms with Crippen LogP contribution in [0, 0.1) is 11.2 Å². The third-order valence-electron chi connectivity index (χ3n) is 5.00. The molecule has 4 rings (SSSR count). The number of carbonyl (C=O) groups excluding carboxylic acids is 2. The highest BCUT2D eigenvalue weighted by molar-refractivity contribution is 5.97. The summed E-state index contributed by atoms with van der Waals surface area (Å²) in [5.74, 6) is -0.478. The summed E-state index contributed by atoms with van der Waals surface area (Å²) in [7, 11) is 0. The van der Waals surface area contributed by atoms with Crippen LogP contribution in [0.15, 0.2) is 42.7 Å². The average molecular weight is 340 g/mol. The van der Waals surface area contributed by atoms with E-state index in [9.17, 15) is 14.0 Å². The summed E-state index contributed by atoms with van der Waals surface area (Å²) in [5.41, 5.74) is 0.808. The fourth-order valence-electron chi connectivity index (χ4n) is 3.76. The Morgan fingerprint density at radius 1 is 1.20 bits per heavy atom. The van der Waals surface area contributed by atoms with E-state index in [0.29, 0.717) is 37.3 Å². The van der Waals surface area contributed by atoms with Crippen LogP contribution in [0.1, 0.15) is 23.2 Å². The van der Waals surface area contributed by atoms with Crippen LogP contribution in [0.3, 0.4) is 0 Å². The number of hydrogen-bond acceptors (Lipinski definition) is 4. The van der Waals surface area contributed by atoms with Crippen molar-refractivity contribution in [1.82, 2.24) is 15.1 Å². The predicted molar refractivity (Wildman–Crippen MR) is 88.4 cm³/mol. The molecule has 6 nitrogen and oxygen atoms in total. The van der Waals surface area contributed by atoms with E-state index in [-0.39, 0.29) is 23.0 Å². The highest BCUT2D eigenvalue weighted by Gasteiger charge is 2.48. The van der Waals surface area contributed by atoms with Gasteiger partial charge in [-0.25, -0.2) is 4.39 Å². The van der Waals surface area contributed by atoms with Gasteiger partial charge in [0.15, 0.2) is 0 Å². The number of likely N-dealkylation sites (tertiary alicyclic amines) is 1. The number of amides is 2. The van der Waals surface area contributed by atoms with Crippen molar-refractivity contribution >= 4 is 17.5 Å². The number of hydrogen-bond donors (Lipinski definition) is 0. The number of anilines is 1. The molecule has 1 aromatic heterocycles. The maximum absolute atomic E-state index is 13.5. The maximum atomic E-state index is 13.5. The van der Waals surface area contributed by atoms with Crippen molar-refractivity contribution in [2.45, 2.75) is 12.8 Å². The van der Waals surface area contributed by atoms with E-state index in [2.05, 4.69) is 10.2 Å². The minimum Gasteiger partial charge on any atom is -0.338 e. The number of carbonyl (C=O) groups is 2. The molecule has 0 radical (unpaired) electrons. The second kappa shape index (κ2) is 5.91. The van der Waals surface area contributed by atoms with Crippen molar-refractivity contribution < 1.29 is 14.0 Å². The van der Waals surface area contributed by atoms with E-state index >= 15 is 0 Å². The molecule has 2 amide bonds. The van der Waals surface area contributed by atoms with Gasteiger partial charge in [0.25, 0.3) is 5.91 Å². The summed E-state index contributed by atoms with van der Waals surface area (Å²) in [6, 6.07) is 7.71. The normalized spacial score (nSPS) is 22.8. The lowest BCUT2D eigenvalue weighted by atomic mass is 9.86. The van der Waals surface area contributed by atoms with Gasteiger partial charge in [-0.1, -0.05) is 6.07 Å². The van der Waals surface area contributed by atoms with Crippen molar-refractivity contribution in [2.75, 3.05) is 24.5 Å². The molecule has 1 spiro atoms. The van der Waals surface area contributed by atoms with Crippen LogP contribution >= 0.6 is 0 Å². The van der Waals surface area contributed by atoms with Gasteiger partial charge in [0.2, 0.25) is 5.91 Å². The van der Waals surface area contributed by atoms with Gasteiger partial charge in [0.1, 0.15) is 5.82 Å². The Morgan fingerprint density at radius 2 is 2.08 bits per heavy atom. The first kappa shape index (κ1) is 15.7. The van der Waals surface area contributed by atoms with Crippen molar-refractivity contribution in [2.24, 2.45) is 5.41 Å². The molecule has 0 N–H and O–H groups in total. The van der Waals surface area contributed by atoms with Crippen LogP contribution in [-0.4, -0.2) is 46.5 Å². The summed E-state index contributed by atoms with van der Waals surface area (Å²) in [4.78, 5) is 28.4. The zero-order valence-corrected chi connectivity index (χ0v) is 13.6. The highest BCUT2D eigenvalue weighted by Crippen LogP contribution is 2.42. The zero-order valence-electron chi connectivity index (χ0n) is 13.6. The van der Waals surface area contributed by atoms with Gasteiger partial charge in [0.05, 0.1) is 18.0 Å². The first-order valence-electron chi connectivity index (χ1n) is 8.18. The molecule has 2 fully saturated rings. The second-order valence-electron chi connectivity index (χ2n) is 6.74. The number of benzene rings is 1. The molecule has 2 aromatic rings. The zero-order chi connectivity index (χ0) is 17.4. The van der Waals surface area contributed by atoms with Crippen LogP contribution in [-0.2, 0) is 4.79 Å². The molecule has 2 aliphatic rings. The Bertz CT molecular complexity index is 829. The van der Waals surface area contributed by atoms with E-state index in [1.54, 1.807) is 28.0 Å². The molecule has 3 heterocycles. The molecule has 1 unspecified atom stereocenters. The fraction of sp³-hybridized carbons (Fsp3) is 0.333. The van der Waals surface area contributed by atoms with E-state index in [0.717, 1.165) is 6.42 Å². The smallest absolute Gasteiger partial charge is 0.255 e. The molecular weight excluding hydrogens is 323 g/mol. The molecule has 7 heteroatoms. The summed E-state index contributed by atoms with van der Waals surface area (Å²) in [6.07, 6.45) is 4.08. The van der Waals surface area contributed by atoms with E-state index < -0.39 is 0 Å². The topological polar surface area (TPSA) is 66.4 Å². The Kier molecular flexibility index (Phi) is 3.71. The van der Waals surface area contributed by atoms with Gasteiger partial charge < -0.3 is 9.80 Å². The van der Waals surface area contributed by atoms with Crippen molar-refractivity contribution in [3.63, 3.8) is 0 Å². The van der Waals surface area contributed by atoms with Crippen LogP contribution in [0.5, 0.6) is 0 Å². The summed E-state index contributed by atoms with van der Waals surface area (Å²) in [5, 5.41) is 7.43. The van der Waals surface area contributed by atoms with Crippen molar-refractivity contribution in [3.05, 3.63) is 54.1 Å². The SMILES string of the molecule is O=C(c1ccnnc1)N1CCC2(CC(=O)N(c3cccc(F)c3)C2)C1. The molecule has 128 valence electrons. The lowest BCUT2D eigenvalue weighted by molar-refractivity contribution is -0.117. The van der Waals surface area contributed by atoms with Gasteiger partial charge in [-0.05, 0) is 30.7 Å². The highest BCUT2D eigenvalue weighted by atomic mass is 19.1. The van der Waals surface area contributed by atoms with Gasteiger partial charge in [-0.15, -0.1) is 0 Å². The monoisotopic (exact) mass is 340 g/mol. The van der Waals surface area contributed by atoms with Crippen molar-refractivity contribution in [1.29, 1.82) is 0 Å². The minimum absolute atomic E-state index is 0.0227. The Hall–Kier alpha value is -2.83. The average Bonchev–Trinajstić information content (AvgIpc) is 3.18. The predicted octanol–water partition coefficient (Wildman–Crippen LogP) is 1.88. The lowest BCUT2D eigenvalue weighted by Gasteiger charge is -2.24. The largest absolute Gasteiger partial charge is 0.338 e. The van der Waals surface area contributed by atoms with Gasteiger partial charge in [0, 0.05) is 37.2 Å². The quantitative estimate of drug-likeness (QED) is 0.837. The first-order valence-corrected chi connectivity index (χ1v) is 8.18. The van der Waals surface area contributed by atoms with Gasteiger partial charge in [-0.3, -0.25) is 9.59 Å². The fourth-order valence-corrected chi connectivity index (χ4v) is 3.76. The molecule has 2 saturated heterocycles. The van der Waals surface area contributed by atoms with E-state index in [1.807, 2.05) is 0 Å². The Balaban J connectivity index is 1.51. The molecule has 0 aliphatic carbocycles. The second-order valence-corrected chi connectivity index (χ2v) is 6.74. The summed E-state index contributed by atoms with van der Waals surface area (Å²) < 4.78 is 13.5. The molecule has 0 bridgehead atoms. The molecular formula is C18H17FN4O2. The lowest BCUT2D eigenvalue weighted by Crippen LogP contribution is -2.34. The first-order chi connectivity index (χ1) is 12.1. The summed E-state index contributed by atoms with van der Waals surface area (Å²) >= 11 is 0. The molecule has 1 atom stereocenters. The van der Waals surface area contributed by atoms with Crippen LogP contribution < -0.4 is 4.90 Å². The number of nitrogens with zero attached hydrogens (tertiary/aromatic N) is 4. The number of rotatable bonds is 2. The van der Waals surface area contributed by atoms with Crippen LogP contribution in [0.4, 0.5) is 10.1 Å².